The summed E-state index contributed by atoms with van der Waals surface area (Å²) in [6, 6.07) is 0. The maximum atomic E-state index is 14.6. The van der Waals surface area contributed by atoms with Gasteiger partial charge in [-0.1, -0.05) is 0 Å². The van der Waals surface area contributed by atoms with E-state index in [-0.39, 0.29) is 11.0 Å². The van der Waals surface area contributed by atoms with Crippen molar-refractivity contribution < 1.29 is 106 Å². The number of aliphatic hydroxyl groups excluding tert-OH is 1. The third-order valence-corrected chi connectivity index (χ3v) is 8.80. The summed E-state index contributed by atoms with van der Waals surface area (Å²) in [7, 11) is -10.1. The van der Waals surface area contributed by atoms with E-state index in [1.165, 1.54) is 14.1 Å². The maximum Gasteiger partial charge on any atom is 0.460 e. The Morgan fingerprint density at radius 2 is 0.933 bits per heavy atom. The van der Waals surface area contributed by atoms with Gasteiger partial charge in [0.2, 0.25) is 0 Å². The van der Waals surface area contributed by atoms with Gasteiger partial charge in [0.05, 0.1) is 33.0 Å². The van der Waals surface area contributed by atoms with E-state index in [9.17, 15) is 91.5 Å². The van der Waals surface area contributed by atoms with Crippen LogP contribution in [-0.2, 0) is 20.1 Å². The predicted octanol–water partition coefficient (Wildman–Crippen LogP) is 4.32. The number of aliphatic hydroxyl groups is 1. The lowest BCUT2D eigenvalue weighted by Crippen LogP contribution is -2.75. The van der Waals surface area contributed by atoms with Crippen LogP contribution in [0, 0.1) is 0 Å². The highest BCUT2D eigenvalue weighted by Gasteiger charge is 2.96. The Kier molecular flexibility index (Phi) is 12.5. The second-order valence-electron chi connectivity index (χ2n) is 9.96. The van der Waals surface area contributed by atoms with Crippen molar-refractivity contribution in [3.63, 3.8) is 0 Å². The Bertz CT molecular complexity index is 1240. The van der Waals surface area contributed by atoms with E-state index in [1.54, 1.807) is 0 Å². The summed E-state index contributed by atoms with van der Waals surface area (Å²) in [6.07, 6.45) is -10.0. The van der Waals surface area contributed by atoms with Gasteiger partial charge in [0.15, 0.2) is 0 Å². The topological polar surface area (TPSA) is 112 Å². The van der Waals surface area contributed by atoms with E-state index >= 15 is 0 Å². The van der Waals surface area contributed by atoms with Crippen LogP contribution in [0.4, 0.5) is 74.6 Å². The van der Waals surface area contributed by atoms with Crippen molar-refractivity contribution in [2.75, 3.05) is 52.6 Å². The Hall–Kier alpha value is -1.45. The molecular weight excluding hydrogens is 727 g/mol. The Balaban J connectivity index is 7.00. The molecule has 0 rings (SSSR count). The average Bonchev–Trinajstić information content (AvgIpc) is 2.80. The minimum Gasteiger partial charge on any atom is -0.391 e. The first-order chi connectivity index (χ1) is 19.4. The fraction of sp³-hybridized carbons (Fsp3) is 1.00. The van der Waals surface area contributed by atoms with Gasteiger partial charge in [-0.15, -0.1) is 0 Å². The zero-order valence-corrected chi connectivity index (χ0v) is 24.0. The smallest absolute Gasteiger partial charge is 0.391 e. The van der Waals surface area contributed by atoms with Crippen LogP contribution in [0.15, 0.2) is 0 Å². The quantitative estimate of drug-likeness (QED) is 0.123. The summed E-state index contributed by atoms with van der Waals surface area (Å²) >= 11 is 0. The first-order valence-electron chi connectivity index (χ1n) is 11.5. The number of quaternary nitrogens is 1. The lowest BCUT2D eigenvalue weighted by molar-refractivity contribution is -0.890. The van der Waals surface area contributed by atoms with E-state index in [1.807, 2.05) is 0 Å². The van der Waals surface area contributed by atoms with Crippen LogP contribution in [0.5, 0.6) is 0 Å². The summed E-state index contributed by atoms with van der Waals surface area (Å²) in [5.41, 5.74) is 0. The standard InChI is InChI=1S/C18H23F17N2O6S2/c1-37(2,8-9-38)7-3-5-36(6-4-10-44(39,40)41)45(42,43)18(34,35)16(29,30)14(25,26)12(21,22)11(19,20)13(23,24)15(27,28)17(31,32)33/h38H,3-10H2,1-2H3/p+1. The monoisotopic (exact) mass is 751 g/mol. The molecular formula is C18H24F17N2O6S2+. The lowest BCUT2D eigenvalue weighted by Gasteiger charge is -2.43. The molecule has 0 atom stereocenters. The van der Waals surface area contributed by atoms with Crippen LogP contribution in [0.3, 0.4) is 0 Å². The van der Waals surface area contributed by atoms with Crippen LogP contribution in [-0.4, -0.2) is 135 Å². The molecule has 8 nitrogen and oxygen atoms in total. The van der Waals surface area contributed by atoms with Crippen molar-refractivity contribution in [3.05, 3.63) is 0 Å². The largest absolute Gasteiger partial charge is 0.460 e. The Morgan fingerprint density at radius 3 is 1.29 bits per heavy atom. The van der Waals surface area contributed by atoms with Crippen molar-refractivity contribution in [1.29, 1.82) is 0 Å². The van der Waals surface area contributed by atoms with E-state index < -0.39 is 116 Å². The molecule has 0 aliphatic carbocycles. The first kappa shape index (κ1) is 43.5. The van der Waals surface area contributed by atoms with E-state index in [4.69, 9.17) is 9.66 Å². The average molecular weight is 751 g/mol. The number of halogens is 17. The van der Waals surface area contributed by atoms with E-state index in [0.717, 1.165) is 0 Å². The van der Waals surface area contributed by atoms with Gasteiger partial charge in [0.25, 0.3) is 20.1 Å². The van der Waals surface area contributed by atoms with Crippen LogP contribution in [0.25, 0.3) is 0 Å². The van der Waals surface area contributed by atoms with Gasteiger partial charge in [-0.2, -0.15) is 87.4 Å². The number of sulfonamides is 1. The van der Waals surface area contributed by atoms with Crippen molar-refractivity contribution in [1.82, 2.24) is 4.31 Å². The molecule has 27 heteroatoms. The normalized spacial score (nSPS) is 16.0. The third-order valence-electron chi connectivity index (χ3n) is 6.04. The number of rotatable bonds is 18. The summed E-state index contributed by atoms with van der Waals surface area (Å²) in [5.74, 6) is -54.0. The van der Waals surface area contributed by atoms with Crippen molar-refractivity contribution in [2.45, 2.75) is 59.8 Å². The zero-order valence-electron chi connectivity index (χ0n) is 22.3. The van der Waals surface area contributed by atoms with Crippen molar-refractivity contribution >= 4 is 20.1 Å². The van der Waals surface area contributed by atoms with Crippen LogP contribution in [0.2, 0.25) is 0 Å². The van der Waals surface area contributed by atoms with Crippen LogP contribution >= 0.6 is 0 Å². The number of likely N-dealkylation sites (N-methyl/N-ethyl adjacent to an activating group) is 1. The molecule has 0 fully saturated rings. The number of hydrogen-bond acceptors (Lipinski definition) is 5. The lowest BCUT2D eigenvalue weighted by atomic mass is 9.91. The maximum absolute atomic E-state index is 14.6. The molecule has 2 N–H and O–H groups in total. The molecule has 0 amide bonds. The SMILES string of the molecule is C[N+](C)(CCO)CCCN(CCCS(=O)(=O)O)S(=O)(=O)C(F)(F)C(F)(F)C(F)(F)C(F)(F)C(F)(F)C(F)(F)C(F)(F)C(F)(F)F. The van der Waals surface area contributed by atoms with E-state index in [2.05, 4.69) is 0 Å². The minimum absolute atomic E-state index is 0.155. The fourth-order valence-electron chi connectivity index (χ4n) is 3.31. The number of nitrogens with zero attached hydrogens (tertiary/aromatic N) is 2. The van der Waals surface area contributed by atoms with Gasteiger partial charge < -0.3 is 9.59 Å². The number of alkyl halides is 17. The van der Waals surface area contributed by atoms with Gasteiger partial charge in [0, 0.05) is 19.5 Å². The highest BCUT2D eigenvalue weighted by atomic mass is 32.2. The highest BCUT2D eigenvalue weighted by Crippen LogP contribution is 2.64. The number of hydrogen-bond donors (Lipinski definition) is 2. The molecule has 0 aromatic heterocycles. The van der Waals surface area contributed by atoms with Gasteiger partial charge in [0.1, 0.15) is 6.54 Å². The molecule has 0 aromatic rings. The van der Waals surface area contributed by atoms with E-state index in [0.29, 0.717) is 0 Å². The molecule has 0 heterocycles. The van der Waals surface area contributed by atoms with Gasteiger partial charge in [-0.25, -0.2) is 8.42 Å². The van der Waals surface area contributed by atoms with Gasteiger partial charge >= 0.3 is 47.0 Å². The summed E-state index contributed by atoms with van der Waals surface area (Å²) < 4.78 is 285. The molecule has 0 bridgehead atoms. The minimum atomic E-state index is -8.98. The molecule has 0 unspecified atom stereocenters. The molecule has 0 aliphatic heterocycles. The second kappa shape index (κ2) is 12.9. The molecule has 45 heavy (non-hydrogen) atoms. The molecule has 0 spiro atoms. The first-order valence-corrected chi connectivity index (χ1v) is 14.5. The second-order valence-corrected chi connectivity index (χ2v) is 13.5. The van der Waals surface area contributed by atoms with Crippen LogP contribution < -0.4 is 0 Å². The van der Waals surface area contributed by atoms with Crippen LogP contribution in [0.1, 0.15) is 12.8 Å². The summed E-state index contributed by atoms with van der Waals surface area (Å²) in [4.78, 5) is 0. The summed E-state index contributed by atoms with van der Waals surface area (Å²) in [6.45, 7) is -4.36. The zero-order chi connectivity index (χ0) is 36.7. The Labute approximate surface area is 243 Å². The van der Waals surface area contributed by atoms with Gasteiger partial charge in [-0.3, -0.25) is 4.55 Å². The Morgan fingerprint density at radius 1 is 0.578 bits per heavy atom. The molecule has 0 saturated carbocycles. The molecule has 0 radical (unpaired) electrons. The predicted molar refractivity (Wildman–Crippen MR) is 116 cm³/mol. The van der Waals surface area contributed by atoms with Crippen molar-refractivity contribution in [3.8, 4) is 0 Å². The third kappa shape index (κ3) is 7.83. The molecule has 0 saturated heterocycles. The fourth-order valence-corrected chi connectivity index (χ4v) is 5.32. The summed E-state index contributed by atoms with van der Waals surface area (Å²) in [5, 5.41) is 1.15. The highest BCUT2D eigenvalue weighted by molar-refractivity contribution is 7.90. The van der Waals surface area contributed by atoms with Crippen molar-refractivity contribution in [2.24, 2.45) is 0 Å². The van der Waals surface area contributed by atoms with Gasteiger partial charge in [-0.05, 0) is 6.42 Å². The molecule has 0 aliphatic rings. The molecule has 0 aromatic carbocycles. The molecule has 272 valence electrons.